The van der Waals surface area contributed by atoms with Gasteiger partial charge in [-0.2, -0.15) is 0 Å². The SMILES string of the molecule is COC(=O)/C=C/c1ccc(OCCC(c2ccccc2)(c2ccccc2)c2ccccc2)cc1. The molecule has 0 atom stereocenters. The number of methoxy groups -OCH3 is 1. The number of rotatable bonds is 9. The minimum absolute atomic E-state index is 0.340. The minimum Gasteiger partial charge on any atom is -0.494 e. The van der Waals surface area contributed by atoms with E-state index in [2.05, 4.69) is 95.7 Å². The van der Waals surface area contributed by atoms with Crippen molar-refractivity contribution < 1.29 is 14.3 Å². The van der Waals surface area contributed by atoms with Crippen LogP contribution in [0.1, 0.15) is 28.7 Å². The van der Waals surface area contributed by atoms with Gasteiger partial charge in [-0.15, -0.1) is 0 Å². The number of hydrogen-bond donors (Lipinski definition) is 0. The van der Waals surface area contributed by atoms with E-state index in [-0.39, 0.29) is 11.4 Å². The summed E-state index contributed by atoms with van der Waals surface area (Å²) in [6.45, 7) is 0.538. The van der Waals surface area contributed by atoms with Gasteiger partial charge in [-0.1, -0.05) is 103 Å². The third-order valence-electron chi connectivity index (χ3n) is 6.04. The third kappa shape index (κ3) is 5.26. The molecule has 4 rings (SSSR count). The third-order valence-corrected chi connectivity index (χ3v) is 6.04. The molecule has 0 fully saturated rings. The number of hydrogen-bond acceptors (Lipinski definition) is 3. The van der Waals surface area contributed by atoms with Crippen molar-refractivity contribution in [3.63, 3.8) is 0 Å². The highest BCUT2D eigenvalue weighted by Crippen LogP contribution is 2.42. The molecule has 3 heteroatoms. The van der Waals surface area contributed by atoms with Crippen LogP contribution in [0.4, 0.5) is 0 Å². The molecule has 0 heterocycles. The van der Waals surface area contributed by atoms with E-state index in [1.807, 2.05) is 24.3 Å². The van der Waals surface area contributed by atoms with E-state index in [1.165, 1.54) is 29.9 Å². The fraction of sp³-hybridized carbons (Fsp3) is 0.129. The molecule has 0 aliphatic heterocycles. The molecule has 0 amide bonds. The van der Waals surface area contributed by atoms with Gasteiger partial charge in [0.2, 0.25) is 0 Å². The van der Waals surface area contributed by atoms with Crippen LogP contribution in [-0.2, 0) is 14.9 Å². The van der Waals surface area contributed by atoms with Crippen molar-refractivity contribution >= 4 is 12.0 Å². The molecule has 4 aromatic rings. The summed E-state index contributed by atoms with van der Waals surface area (Å²) in [6, 6.07) is 39.6. The standard InChI is InChI=1S/C31H28O3/c1-33-30(32)22-19-25-17-20-29(21-18-25)34-24-23-31(26-11-5-2-6-12-26,27-13-7-3-8-14-27)28-15-9-4-10-16-28/h2-22H,23-24H2,1H3/b22-19+. The van der Waals surface area contributed by atoms with Gasteiger partial charge in [0.05, 0.1) is 13.7 Å². The molecule has 34 heavy (non-hydrogen) atoms. The fourth-order valence-corrected chi connectivity index (χ4v) is 4.33. The molecule has 0 saturated heterocycles. The van der Waals surface area contributed by atoms with Gasteiger partial charge >= 0.3 is 5.97 Å². The lowest BCUT2D eigenvalue weighted by atomic mass is 9.67. The van der Waals surface area contributed by atoms with E-state index in [0.717, 1.165) is 17.7 Å². The lowest BCUT2D eigenvalue weighted by molar-refractivity contribution is -0.134. The first kappa shape index (κ1) is 23.1. The maximum absolute atomic E-state index is 11.3. The van der Waals surface area contributed by atoms with Gasteiger partial charge in [-0.25, -0.2) is 4.79 Å². The van der Waals surface area contributed by atoms with Crippen LogP contribution < -0.4 is 4.74 Å². The average molecular weight is 449 g/mol. The van der Waals surface area contributed by atoms with Crippen LogP contribution in [0, 0.1) is 0 Å². The Labute approximate surface area is 201 Å². The second kappa shape index (κ2) is 11.2. The number of benzene rings is 4. The van der Waals surface area contributed by atoms with Crippen LogP contribution in [0.15, 0.2) is 121 Å². The molecule has 0 bridgehead atoms. The number of carbonyl (C=O) groups excluding carboxylic acids is 1. The Balaban J connectivity index is 1.61. The van der Waals surface area contributed by atoms with Crippen LogP contribution in [0.5, 0.6) is 5.75 Å². The molecular weight excluding hydrogens is 420 g/mol. The van der Waals surface area contributed by atoms with Crippen LogP contribution in [0.2, 0.25) is 0 Å². The van der Waals surface area contributed by atoms with E-state index < -0.39 is 0 Å². The van der Waals surface area contributed by atoms with Gasteiger partial charge < -0.3 is 9.47 Å². The zero-order valence-corrected chi connectivity index (χ0v) is 19.3. The normalized spacial score (nSPS) is 11.3. The maximum Gasteiger partial charge on any atom is 0.330 e. The van der Waals surface area contributed by atoms with Crippen molar-refractivity contribution in [1.82, 2.24) is 0 Å². The van der Waals surface area contributed by atoms with Crippen molar-refractivity contribution in [2.24, 2.45) is 0 Å². The molecule has 0 aromatic heterocycles. The van der Waals surface area contributed by atoms with Crippen LogP contribution >= 0.6 is 0 Å². The Morgan fingerprint density at radius 3 is 1.62 bits per heavy atom. The molecule has 0 saturated carbocycles. The average Bonchev–Trinajstić information content (AvgIpc) is 2.92. The van der Waals surface area contributed by atoms with Crippen molar-refractivity contribution in [3.05, 3.63) is 144 Å². The first-order valence-electron chi connectivity index (χ1n) is 11.4. The van der Waals surface area contributed by atoms with Gasteiger partial charge in [0.15, 0.2) is 0 Å². The van der Waals surface area contributed by atoms with Crippen molar-refractivity contribution in [2.75, 3.05) is 13.7 Å². The van der Waals surface area contributed by atoms with E-state index in [1.54, 1.807) is 6.08 Å². The van der Waals surface area contributed by atoms with E-state index in [9.17, 15) is 4.79 Å². The smallest absolute Gasteiger partial charge is 0.330 e. The largest absolute Gasteiger partial charge is 0.494 e. The van der Waals surface area contributed by atoms with Gasteiger partial charge in [0, 0.05) is 11.5 Å². The summed E-state index contributed by atoms with van der Waals surface area (Å²) in [5.41, 5.74) is 4.27. The van der Waals surface area contributed by atoms with E-state index in [4.69, 9.17) is 4.74 Å². The summed E-state index contributed by atoms with van der Waals surface area (Å²) in [4.78, 5) is 11.3. The second-order valence-corrected chi connectivity index (χ2v) is 8.03. The minimum atomic E-state index is -0.376. The zero-order valence-electron chi connectivity index (χ0n) is 19.3. The Kier molecular flexibility index (Phi) is 7.56. The maximum atomic E-state index is 11.3. The number of esters is 1. The van der Waals surface area contributed by atoms with E-state index >= 15 is 0 Å². The monoisotopic (exact) mass is 448 g/mol. The molecule has 0 N–H and O–H groups in total. The van der Waals surface area contributed by atoms with Crippen LogP contribution in [0.3, 0.4) is 0 Å². The lowest BCUT2D eigenvalue weighted by Crippen LogP contribution is -2.31. The highest BCUT2D eigenvalue weighted by molar-refractivity contribution is 5.86. The van der Waals surface area contributed by atoms with Crippen molar-refractivity contribution in [1.29, 1.82) is 0 Å². The van der Waals surface area contributed by atoms with Gasteiger partial charge in [0.1, 0.15) is 5.75 Å². The summed E-state index contributed by atoms with van der Waals surface area (Å²) >= 11 is 0. The van der Waals surface area contributed by atoms with Crippen LogP contribution in [-0.4, -0.2) is 19.7 Å². The topological polar surface area (TPSA) is 35.5 Å². The lowest BCUT2D eigenvalue weighted by Gasteiger charge is -2.36. The fourth-order valence-electron chi connectivity index (χ4n) is 4.33. The van der Waals surface area contributed by atoms with Gasteiger partial charge in [0.25, 0.3) is 0 Å². The molecule has 0 aliphatic carbocycles. The first-order valence-corrected chi connectivity index (χ1v) is 11.4. The quantitative estimate of drug-likeness (QED) is 0.163. The Morgan fingerprint density at radius 1 is 0.706 bits per heavy atom. The van der Waals surface area contributed by atoms with Crippen molar-refractivity contribution in [3.8, 4) is 5.75 Å². The molecule has 0 radical (unpaired) electrons. The molecule has 3 nitrogen and oxygen atoms in total. The van der Waals surface area contributed by atoms with E-state index in [0.29, 0.717) is 6.61 Å². The molecule has 0 unspecified atom stereocenters. The zero-order chi connectivity index (χ0) is 23.6. The predicted molar refractivity (Wildman–Crippen MR) is 137 cm³/mol. The van der Waals surface area contributed by atoms with Gasteiger partial charge in [-0.05, 0) is 46.9 Å². The van der Waals surface area contributed by atoms with Gasteiger partial charge in [-0.3, -0.25) is 0 Å². The summed E-state index contributed by atoms with van der Waals surface area (Å²) in [5.74, 6) is 0.415. The summed E-state index contributed by atoms with van der Waals surface area (Å²) in [7, 11) is 1.37. The Hall–Kier alpha value is -4.11. The highest BCUT2D eigenvalue weighted by Gasteiger charge is 2.36. The Bertz CT molecular complexity index is 1100. The number of carbonyl (C=O) groups is 1. The number of ether oxygens (including phenoxy) is 2. The second-order valence-electron chi connectivity index (χ2n) is 8.03. The predicted octanol–water partition coefficient (Wildman–Crippen LogP) is 6.68. The molecule has 170 valence electrons. The summed E-state index contributed by atoms with van der Waals surface area (Å²) in [5, 5.41) is 0. The molecule has 4 aromatic carbocycles. The first-order chi connectivity index (χ1) is 16.7. The molecule has 0 aliphatic rings. The summed E-state index contributed by atoms with van der Waals surface area (Å²) < 4.78 is 10.9. The highest BCUT2D eigenvalue weighted by atomic mass is 16.5. The van der Waals surface area contributed by atoms with Crippen molar-refractivity contribution in [2.45, 2.75) is 11.8 Å². The van der Waals surface area contributed by atoms with Crippen LogP contribution in [0.25, 0.3) is 6.08 Å². The molecule has 0 spiro atoms. The Morgan fingerprint density at radius 2 is 1.18 bits per heavy atom. The molecular formula is C31H28O3. The summed E-state index contributed by atoms with van der Waals surface area (Å²) in [6.07, 6.45) is 3.90.